The number of fused-ring (bicyclic) bond motifs is 1. The van der Waals surface area contributed by atoms with Gasteiger partial charge in [0.05, 0.1) is 10.0 Å². The molecule has 0 amide bonds. The van der Waals surface area contributed by atoms with Gasteiger partial charge in [-0.3, -0.25) is 0 Å². The van der Waals surface area contributed by atoms with Crippen LogP contribution in [0.3, 0.4) is 0 Å². The smallest absolute Gasteiger partial charge is 0.143 e. The maximum atomic E-state index is 6.03. The minimum atomic E-state index is 0.573. The maximum absolute atomic E-state index is 6.03. The van der Waals surface area contributed by atoms with Crippen molar-refractivity contribution in [2.24, 2.45) is 0 Å². The number of hydrogen-bond donors (Lipinski definition) is 0. The minimum absolute atomic E-state index is 0.573. The molecule has 13 heavy (non-hydrogen) atoms. The molecule has 0 spiro atoms. The van der Waals surface area contributed by atoms with Gasteiger partial charge in [0.15, 0.2) is 0 Å². The molecular formula is C8H3Cl2IN2. The second-order valence-corrected chi connectivity index (χ2v) is 4.25. The summed E-state index contributed by atoms with van der Waals surface area (Å²) in [5.41, 5.74) is 0.648. The second-order valence-electron chi connectivity index (χ2n) is 2.44. The second kappa shape index (κ2) is 3.55. The van der Waals surface area contributed by atoms with Crippen LogP contribution >= 0.6 is 45.8 Å². The van der Waals surface area contributed by atoms with Gasteiger partial charge in [-0.2, -0.15) is 0 Å². The summed E-state index contributed by atoms with van der Waals surface area (Å²) in [7, 11) is 0. The number of hydrogen-bond acceptors (Lipinski definition) is 2. The Hall–Kier alpha value is -0.130. The third kappa shape index (κ3) is 1.60. The van der Waals surface area contributed by atoms with E-state index in [1.165, 1.54) is 0 Å². The zero-order valence-electron chi connectivity index (χ0n) is 6.26. The van der Waals surface area contributed by atoms with Gasteiger partial charge in [0, 0.05) is 5.39 Å². The van der Waals surface area contributed by atoms with E-state index < -0.39 is 0 Å². The van der Waals surface area contributed by atoms with E-state index in [4.69, 9.17) is 23.2 Å². The zero-order valence-corrected chi connectivity index (χ0v) is 9.93. The molecule has 0 bridgehead atoms. The first-order valence-corrected chi connectivity index (χ1v) is 5.29. The van der Waals surface area contributed by atoms with Crippen LogP contribution in [0.15, 0.2) is 18.2 Å². The van der Waals surface area contributed by atoms with Crippen LogP contribution in [0, 0.1) is 3.70 Å². The first-order chi connectivity index (χ1) is 6.20. The molecule has 0 N–H and O–H groups in total. The third-order valence-electron chi connectivity index (χ3n) is 1.64. The van der Waals surface area contributed by atoms with Crippen molar-refractivity contribution in [3.8, 4) is 0 Å². The fourth-order valence-corrected chi connectivity index (χ4v) is 1.84. The molecule has 0 aliphatic carbocycles. The monoisotopic (exact) mass is 324 g/mol. The number of halogens is 3. The topological polar surface area (TPSA) is 25.8 Å². The van der Waals surface area contributed by atoms with Gasteiger partial charge in [-0.1, -0.05) is 35.3 Å². The summed E-state index contributed by atoms with van der Waals surface area (Å²) < 4.78 is 0.689. The molecule has 0 atom stereocenters. The highest BCUT2D eigenvalue weighted by molar-refractivity contribution is 14.1. The van der Waals surface area contributed by atoms with Gasteiger partial charge in [0.2, 0.25) is 0 Å². The fourth-order valence-electron chi connectivity index (χ4n) is 1.04. The van der Waals surface area contributed by atoms with E-state index in [1.54, 1.807) is 6.07 Å². The van der Waals surface area contributed by atoms with Crippen molar-refractivity contribution in [1.29, 1.82) is 0 Å². The van der Waals surface area contributed by atoms with E-state index >= 15 is 0 Å². The van der Waals surface area contributed by atoms with Gasteiger partial charge in [-0.15, -0.1) is 10.2 Å². The molecule has 5 heteroatoms. The molecule has 1 aromatic heterocycles. The standard InChI is InChI=1S/C8H3Cl2IN2/c9-5-3-1-2-4-6(10)8(11)13-12-7(4)5/h1-3H. The first-order valence-electron chi connectivity index (χ1n) is 3.46. The van der Waals surface area contributed by atoms with E-state index in [-0.39, 0.29) is 0 Å². The van der Waals surface area contributed by atoms with Crippen LogP contribution in [0.25, 0.3) is 10.9 Å². The summed E-state index contributed by atoms with van der Waals surface area (Å²) in [5.74, 6) is 0. The normalized spacial score (nSPS) is 10.7. The quantitative estimate of drug-likeness (QED) is 0.693. The molecule has 1 aromatic carbocycles. The van der Waals surface area contributed by atoms with Crippen molar-refractivity contribution in [3.63, 3.8) is 0 Å². The van der Waals surface area contributed by atoms with Crippen molar-refractivity contribution >= 4 is 56.7 Å². The van der Waals surface area contributed by atoms with E-state index in [2.05, 4.69) is 10.2 Å². The average Bonchev–Trinajstić information content (AvgIpc) is 2.12. The number of benzene rings is 1. The molecule has 2 nitrogen and oxygen atoms in total. The van der Waals surface area contributed by atoms with Crippen LogP contribution < -0.4 is 0 Å². The molecule has 0 fully saturated rings. The van der Waals surface area contributed by atoms with Gasteiger partial charge in [0.25, 0.3) is 0 Å². The van der Waals surface area contributed by atoms with Crippen molar-refractivity contribution in [2.45, 2.75) is 0 Å². The van der Waals surface area contributed by atoms with Crippen molar-refractivity contribution in [2.75, 3.05) is 0 Å². The van der Waals surface area contributed by atoms with Gasteiger partial charge in [-0.25, -0.2) is 0 Å². The first kappa shape index (κ1) is 9.43. The zero-order chi connectivity index (χ0) is 9.42. The van der Waals surface area contributed by atoms with Crippen LogP contribution in [-0.2, 0) is 0 Å². The summed E-state index contributed by atoms with van der Waals surface area (Å²) in [6.45, 7) is 0. The molecule has 1 heterocycles. The Balaban J connectivity index is 2.94. The van der Waals surface area contributed by atoms with Crippen LogP contribution in [-0.4, -0.2) is 10.2 Å². The summed E-state index contributed by atoms with van der Waals surface area (Å²) in [4.78, 5) is 0. The van der Waals surface area contributed by atoms with Crippen LogP contribution in [0.4, 0.5) is 0 Å². The van der Waals surface area contributed by atoms with Gasteiger partial charge in [0.1, 0.15) is 9.22 Å². The summed E-state index contributed by atoms with van der Waals surface area (Å²) in [6, 6.07) is 5.48. The molecule has 0 saturated heterocycles. The Labute approximate surface area is 98.4 Å². The lowest BCUT2D eigenvalue weighted by Crippen LogP contribution is -1.90. The largest absolute Gasteiger partial charge is 0.148 e. The Morgan fingerprint density at radius 3 is 2.69 bits per heavy atom. The van der Waals surface area contributed by atoms with Crippen molar-refractivity contribution in [1.82, 2.24) is 10.2 Å². The maximum Gasteiger partial charge on any atom is 0.143 e. The minimum Gasteiger partial charge on any atom is -0.148 e. The average molecular weight is 325 g/mol. The van der Waals surface area contributed by atoms with Crippen molar-refractivity contribution in [3.05, 3.63) is 31.9 Å². The summed E-state index contributed by atoms with van der Waals surface area (Å²) in [6.07, 6.45) is 0. The number of nitrogens with zero attached hydrogens (tertiary/aromatic N) is 2. The molecule has 0 radical (unpaired) electrons. The van der Waals surface area contributed by atoms with E-state index in [9.17, 15) is 0 Å². The fraction of sp³-hybridized carbons (Fsp3) is 0. The summed E-state index contributed by atoms with van der Waals surface area (Å²) in [5, 5.41) is 9.87. The van der Waals surface area contributed by atoms with Gasteiger partial charge in [-0.05, 0) is 28.7 Å². The highest BCUT2D eigenvalue weighted by Gasteiger charge is 2.07. The van der Waals surface area contributed by atoms with Crippen LogP contribution in [0.5, 0.6) is 0 Å². The molecule has 66 valence electrons. The number of rotatable bonds is 0. The predicted octanol–water partition coefficient (Wildman–Crippen LogP) is 3.54. The van der Waals surface area contributed by atoms with Crippen molar-refractivity contribution < 1.29 is 0 Å². The molecule has 2 rings (SSSR count). The van der Waals surface area contributed by atoms with E-state index in [1.807, 2.05) is 34.7 Å². The molecule has 0 aliphatic rings. The van der Waals surface area contributed by atoms with E-state index in [0.717, 1.165) is 5.39 Å². The van der Waals surface area contributed by atoms with Gasteiger partial charge >= 0.3 is 0 Å². The summed E-state index contributed by atoms with van der Waals surface area (Å²) >= 11 is 14.0. The Morgan fingerprint density at radius 2 is 1.92 bits per heavy atom. The Morgan fingerprint density at radius 1 is 1.15 bits per heavy atom. The SMILES string of the molecule is Clc1c(I)nnc2c(Cl)cccc12. The molecule has 0 aliphatic heterocycles. The lowest BCUT2D eigenvalue weighted by Gasteiger charge is -2.01. The van der Waals surface area contributed by atoms with Crippen LogP contribution in [0.2, 0.25) is 10.0 Å². The van der Waals surface area contributed by atoms with Crippen LogP contribution in [0.1, 0.15) is 0 Å². The Kier molecular flexibility index (Phi) is 2.58. The Bertz CT molecular complexity index is 473. The number of aromatic nitrogens is 2. The highest BCUT2D eigenvalue weighted by Crippen LogP contribution is 2.28. The predicted molar refractivity (Wildman–Crippen MR) is 62.3 cm³/mol. The lowest BCUT2D eigenvalue weighted by molar-refractivity contribution is 1.04. The highest BCUT2D eigenvalue weighted by atomic mass is 127. The molecular weight excluding hydrogens is 322 g/mol. The lowest BCUT2D eigenvalue weighted by atomic mass is 10.2. The molecule has 0 saturated carbocycles. The molecule has 2 aromatic rings. The van der Waals surface area contributed by atoms with Gasteiger partial charge < -0.3 is 0 Å². The third-order valence-corrected chi connectivity index (χ3v) is 3.40. The van der Waals surface area contributed by atoms with E-state index in [0.29, 0.717) is 19.3 Å². The molecule has 0 unspecified atom stereocenters.